The smallest absolute Gasteiger partial charge is 0.0450 e. The molecule has 0 spiro atoms. The summed E-state index contributed by atoms with van der Waals surface area (Å²) in [5, 5.41) is 6.87. The molecule has 3 aromatic carbocycles. The molecule has 0 atom stereocenters. The third-order valence-corrected chi connectivity index (χ3v) is 3.84. The maximum Gasteiger partial charge on any atom is 0.0450 e. The van der Waals surface area contributed by atoms with E-state index in [0.717, 1.165) is 23.7 Å². The fraction of sp³-hybridized carbons (Fsp3) is 0.111. The van der Waals surface area contributed by atoms with Crippen molar-refractivity contribution in [3.63, 3.8) is 0 Å². The second-order valence-electron chi connectivity index (χ2n) is 4.83. The Morgan fingerprint density at radius 2 is 1.33 bits per heavy atom. The molecule has 3 rings (SSSR count). The average Bonchev–Trinajstić information content (AvgIpc) is 2.49. The van der Waals surface area contributed by atoms with Crippen molar-refractivity contribution in [2.75, 3.05) is 0 Å². The monoisotopic (exact) mass is 317 g/mol. The third kappa shape index (κ3) is 3.76. The summed E-state index contributed by atoms with van der Waals surface area (Å²) in [6, 6.07) is 22.8. The number of nitrogens with one attached hydrogen (secondary N) is 1. The Kier molecular flexibility index (Phi) is 5.63. The van der Waals surface area contributed by atoms with Gasteiger partial charge < -0.3 is 5.32 Å². The first-order valence-electron chi connectivity index (χ1n) is 6.75. The lowest BCUT2D eigenvalue weighted by Crippen LogP contribution is -2.13. The van der Waals surface area contributed by atoms with Crippen LogP contribution in [0.1, 0.15) is 11.1 Å². The highest BCUT2D eigenvalue weighted by molar-refractivity contribution is 6.31. The van der Waals surface area contributed by atoms with Crippen LogP contribution in [0, 0.1) is 0 Å². The van der Waals surface area contributed by atoms with Crippen molar-refractivity contribution in [2.45, 2.75) is 13.1 Å². The molecule has 0 heterocycles. The zero-order valence-corrected chi connectivity index (χ0v) is 13.1. The zero-order chi connectivity index (χ0) is 13.8. The topological polar surface area (TPSA) is 12.0 Å². The summed E-state index contributed by atoms with van der Waals surface area (Å²) in [6.45, 7) is 1.62. The van der Waals surface area contributed by atoms with Gasteiger partial charge in [0.15, 0.2) is 0 Å². The van der Waals surface area contributed by atoms with E-state index in [4.69, 9.17) is 11.6 Å². The summed E-state index contributed by atoms with van der Waals surface area (Å²) in [5.41, 5.74) is 2.45. The van der Waals surface area contributed by atoms with Crippen molar-refractivity contribution in [1.29, 1.82) is 0 Å². The molecule has 0 radical (unpaired) electrons. The molecule has 108 valence electrons. The van der Waals surface area contributed by atoms with Gasteiger partial charge in [-0.15, -0.1) is 12.4 Å². The van der Waals surface area contributed by atoms with Crippen LogP contribution in [0.4, 0.5) is 0 Å². The van der Waals surface area contributed by atoms with E-state index in [0.29, 0.717) is 0 Å². The van der Waals surface area contributed by atoms with Gasteiger partial charge in [-0.25, -0.2) is 0 Å². The minimum Gasteiger partial charge on any atom is -0.309 e. The molecule has 1 nitrogen and oxygen atoms in total. The van der Waals surface area contributed by atoms with Crippen LogP contribution >= 0.6 is 24.0 Å². The van der Waals surface area contributed by atoms with E-state index in [2.05, 4.69) is 53.8 Å². The molecule has 1 N–H and O–H groups in total. The minimum absolute atomic E-state index is 0. The predicted octanol–water partition coefficient (Wildman–Crippen LogP) is 5.20. The highest BCUT2D eigenvalue weighted by Gasteiger charge is 2.01. The summed E-state index contributed by atoms with van der Waals surface area (Å²) in [7, 11) is 0. The summed E-state index contributed by atoms with van der Waals surface area (Å²) < 4.78 is 0. The fourth-order valence-corrected chi connectivity index (χ4v) is 2.62. The van der Waals surface area contributed by atoms with E-state index < -0.39 is 0 Å². The van der Waals surface area contributed by atoms with Gasteiger partial charge in [0.05, 0.1) is 0 Å². The van der Waals surface area contributed by atoms with Crippen LogP contribution in [0.2, 0.25) is 5.02 Å². The molecule has 0 aliphatic heterocycles. The lowest BCUT2D eigenvalue weighted by atomic mass is 10.0. The summed E-state index contributed by atoms with van der Waals surface area (Å²) >= 11 is 6.16. The lowest BCUT2D eigenvalue weighted by Gasteiger charge is -2.09. The van der Waals surface area contributed by atoms with Crippen molar-refractivity contribution in [3.05, 3.63) is 82.9 Å². The first-order chi connectivity index (χ1) is 9.84. The van der Waals surface area contributed by atoms with E-state index >= 15 is 0 Å². The van der Waals surface area contributed by atoms with Gasteiger partial charge in [0.25, 0.3) is 0 Å². The molecule has 0 aliphatic rings. The van der Waals surface area contributed by atoms with E-state index in [1.807, 2.05) is 18.2 Å². The average molecular weight is 318 g/mol. The Hall–Kier alpha value is -1.54. The lowest BCUT2D eigenvalue weighted by molar-refractivity contribution is 0.697. The van der Waals surface area contributed by atoms with Crippen molar-refractivity contribution < 1.29 is 0 Å². The molecule has 3 aromatic rings. The molecule has 0 saturated heterocycles. The molecule has 0 amide bonds. The normalized spacial score (nSPS) is 10.3. The van der Waals surface area contributed by atoms with Crippen molar-refractivity contribution in [1.82, 2.24) is 5.32 Å². The number of fused-ring (bicyclic) bond motifs is 1. The number of halogens is 2. The number of rotatable bonds is 4. The van der Waals surface area contributed by atoms with Gasteiger partial charge in [0.2, 0.25) is 0 Å². The molecule has 0 bridgehead atoms. The maximum atomic E-state index is 6.16. The zero-order valence-electron chi connectivity index (χ0n) is 11.6. The van der Waals surface area contributed by atoms with Crippen molar-refractivity contribution >= 4 is 34.8 Å². The second kappa shape index (κ2) is 7.46. The molecular formula is C18H17Cl2N. The molecular weight excluding hydrogens is 301 g/mol. The van der Waals surface area contributed by atoms with Crippen LogP contribution in [0.15, 0.2) is 66.7 Å². The van der Waals surface area contributed by atoms with Gasteiger partial charge in [-0.2, -0.15) is 0 Å². The molecule has 0 saturated carbocycles. The van der Waals surface area contributed by atoms with Gasteiger partial charge in [0.1, 0.15) is 0 Å². The summed E-state index contributed by atoms with van der Waals surface area (Å²) in [4.78, 5) is 0. The predicted molar refractivity (Wildman–Crippen MR) is 93.2 cm³/mol. The van der Waals surface area contributed by atoms with Crippen LogP contribution in [0.5, 0.6) is 0 Å². The van der Waals surface area contributed by atoms with Gasteiger partial charge in [-0.3, -0.25) is 0 Å². The van der Waals surface area contributed by atoms with Gasteiger partial charge in [-0.1, -0.05) is 72.3 Å². The maximum absolute atomic E-state index is 6.16. The molecule has 0 unspecified atom stereocenters. The van der Waals surface area contributed by atoms with Crippen LogP contribution < -0.4 is 5.32 Å². The van der Waals surface area contributed by atoms with E-state index in [1.54, 1.807) is 0 Å². The van der Waals surface area contributed by atoms with E-state index in [-0.39, 0.29) is 12.4 Å². The Labute approximate surface area is 136 Å². The molecule has 0 aromatic heterocycles. The summed E-state index contributed by atoms with van der Waals surface area (Å²) in [5.74, 6) is 0. The van der Waals surface area contributed by atoms with Gasteiger partial charge in [0, 0.05) is 18.1 Å². The van der Waals surface area contributed by atoms with Crippen molar-refractivity contribution in [2.24, 2.45) is 0 Å². The quantitative estimate of drug-likeness (QED) is 0.697. The van der Waals surface area contributed by atoms with Gasteiger partial charge >= 0.3 is 0 Å². The standard InChI is InChI=1S/C18H16ClN.ClH/c19-18-11-4-2-7-16(18)13-20-12-15-9-5-8-14-6-1-3-10-17(14)15;/h1-11,20H,12-13H2;1H. The van der Waals surface area contributed by atoms with Crippen LogP contribution in [0.3, 0.4) is 0 Å². The largest absolute Gasteiger partial charge is 0.309 e. The minimum atomic E-state index is 0. The highest BCUT2D eigenvalue weighted by atomic mass is 35.5. The Morgan fingerprint density at radius 3 is 2.19 bits per heavy atom. The number of hydrogen-bond donors (Lipinski definition) is 1. The van der Waals surface area contributed by atoms with E-state index in [9.17, 15) is 0 Å². The Balaban J connectivity index is 0.00000161. The Bertz CT molecular complexity index is 720. The first kappa shape index (κ1) is 15.8. The Morgan fingerprint density at radius 1 is 0.714 bits per heavy atom. The van der Waals surface area contributed by atoms with Gasteiger partial charge in [-0.05, 0) is 28.0 Å². The number of benzene rings is 3. The molecule has 21 heavy (non-hydrogen) atoms. The fourth-order valence-electron chi connectivity index (χ4n) is 2.42. The molecule has 0 fully saturated rings. The third-order valence-electron chi connectivity index (χ3n) is 3.47. The first-order valence-corrected chi connectivity index (χ1v) is 7.13. The SMILES string of the molecule is Cl.Clc1ccccc1CNCc1cccc2ccccc12. The van der Waals surface area contributed by atoms with Crippen LogP contribution in [-0.2, 0) is 13.1 Å². The van der Waals surface area contributed by atoms with Crippen molar-refractivity contribution in [3.8, 4) is 0 Å². The highest BCUT2D eigenvalue weighted by Crippen LogP contribution is 2.19. The summed E-state index contributed by atoms with van der Waals surface area (Å²) in [6.07, 6.45) is 0. The van der Waals surface area contributed by atoms with E-state index in [1.165, 1.54) is 16.3 Å². The second-order valence-corrected chi connectivity index (χ2v) is 5.24. The molecule has 0 aliphatic carbocycles. The van der Waals surface area contributed by atoms with Crippen LogP contribution in [0.25, 0.3) is 10.8 Å². The van der Waals surface area contributed by atoms with Crippen LogP contribution in [-0.4, -0.2) is 0 Å². The molecule has 3 heteroatoms. The number of hydrogen-bond acceptors (Lipinski definition) is 1.